The Hall–Kier alpha value is -0.910. The van der Waals surface area contributed by atoms with Gasteiger partial charge in [-0.05, 0) is 43.9 Å². The van der Waals surface area contributed by atoms with E-state index in [1.54, 1.807) is 24.3 Å². The first-order valence-corrected chi connectivity index (χ1v) is 9.50. The molecule has 0 spiro atoms. The van der Waals surface area contributed by atoms with Gasteiger partial charge in [0.05, 0.1) is 17.6 Å². The number of nitrogens with one attached hydrogen (secondary N) is 1. The van der Waals surface area contributed by atoms with Crippen LogP contribution in [0.4, 0.5) is 0 Å². The van der Waals surface area contributed by atoms with Crippen molar-refractivity contribution in [2.75, 3.05) is 6.54 Å². The number of ether oxygens (including phenoxy) is 1. The minimum absolute atomic E-state index is 0.163. The summed E-state index contributed by atoms with van der Waals surface area (Å²) >= 11 is 0. The molecule has 1 N–H and O–H groups in total. The molecule has 1 rings (SSSR count). The van der Waals surface area contributed by atoms with Crippen LogP contribution in [0.3, 0.4) is 0 Å². The van der Waals surface area contributed by atoms with Gasteiger partial charge in [-0.15, -0.1) is 0 Å². The van der Waals surface area contributed by atoms with Crippen LogP contribution in [-0.4, -0.2) is 21.1 Å². The highest BCUT2D eigenvalue weighted by molar-refractivity contribution is 7.89. The fourth-order valence-corrected chi connectivity index (χ4v) is 3.07. The van der Waals surface area contributed by atoms with Crippen molar-refractivity contribution in [3.8, 4) is 0 Å². The van der Waals surface area contributed by atoms with Gasteiger partial charge in [-0.25, -0.2) is 13.1 Å². The number of rotatable bonds is 10. The molecular weight excluding hydrogens is 298 g/mol. The molecule has 22 heavy (non-hydrogen) atoms. The lowest BCUT2D eigenvalue weighted by Crippen LogP contribution is -2.24. The first-order chi connectivity index (χ1) is 10.3. The quantitative estimate of drug-likeness (QED) is 0.666. The van der Waals surface area contributed by atoms with Crippen LogP contribution in [0.25, 0.3) is 0 Å². The third kappa shape index (κ3) is 7.38. The summed E-state index contributed by atoms with van der Waals surface area (Å²) in [4.78, 5) is 0.310. The van der Waals surface area contributed by atoms with Crippen LogP contribution < -0.4 is 4.72 Å². The molecule has 0 saturated carbocycles. The van der Waals surface area contributed by atoms with Crippen molar-refractivity contribution in [3.05, 3.63) is 29.8 Å². The molecule has 0 fully saturated rings. The summed E-state index contributed by atoms with van der Waals surface area (Å²) in [5.41, 5.74) is 0.976. The van der Waals surface area contributed by atoms with E-state index in [4.69, 9.17) is 4.74 Å². The zero-order valence-electron chi connectivity index (χ0n) is 14.1. The highest BCUT2D eigenvalue weighted by Crippen LogP contribution is 2.12. The van der Waals surface area contributed by atoms with E-state index >= 15 is 0 Å². The van der Waals surface area contributed by atoms with Crippen molar-refractivity contribution >= 4 is 10.0 Å². The monoisotopic (exact) mass is 327 g/mol. The lowest BCUT2D eigenvalue weighted by Gasteiger charge is -2.10. The Morgan fingerprint density at radius 3 is 2.23 bits per heavy atom. The van der Waals surface area contributed by atoms with Crippen molar-refractivity contribution in [2.24, 2.45) is 5.92 Å². The molecule has 1 aromatic carbocycles. The normalized spacial score (nSPS) is 12.3. The predicted molar refractivity (Wildman–Crippen MR) is 90.2 cm³/mol. The average Bonchev–Trinajstić information content (AvgIpc) is 2.44. The molecule has 0 heterocycles. The molecule has 0 aliphatic heterocycles. The average molecular weight is 327 g/mol. The minimum atomic E-state index is -3.40. The number of benzene rings is 1. The SMILES string of the molecule is CC(C)CCCCNS(=O)(=O)c1ccc(COC(C)C)cc1. The Morgan fingerprint density at radius 1 is 1.05 bits per heavy atom. The molecule has 0 aromatic heterocycles. The molecular formula is C17H29NO3S. The van der Waals surface area contributed by atoms with Crippen molar-refractivity contribution in [3.63, 3.8) is 0 Å². The Morgan fingerprint density at radius 2 is 1.68 bits per heavy atom. The summed E-state index contributed by atoms with van der Waals surface area (Å²) in [6.07, 6.45) is 3.21. The van der Waals surface area contributed by atoms with Crippen LogP contribution in [0.1, 0.15) is 52.5 Å². The Labute approximate surface area is 135 Å². The van der Waals surface area contributed by atoms with Crippen LogP contribution in [0.5, 0.6) is 0 Å². The zero-order chi connectivity index (χ0) is 16.6. The molecule has 0 aliphatic carbocycles. The molecule has 0 aliphatic rings. The summed E-state index contributed by atoms with van der Waals surface area (Å²) in [5, 5.41) is 0. The van der Waals surface area contributed by atoms with Gasteiger partial charge in [0, 0.05) is 6.54 Å². The van der Waals surface area contributed by atoms with Gasteiger partial charge in [0.25, 0.3) is 0 Å². The van der Waals surface area contributed by atoms with Crippen molar-refractivity contribution < 1.29 is 13.2 Å². The van der Waals surface area contributed by atoms with Crippen molar-refractivity contribution in [1.82, 2.24) is 4.72 Å². The molecule has 0 atom stereocenters. The van der Waals surface area contributed by atoms with Gasteiger partial charge in [-0.2, -0.15) is 0 Å². The van der Waals surface area contributed by atoms with Gasteiger partial charge in [0.1, 0.15) is 0 Å². The van der Waals surface area contributed by atoms with Gasteiger partial charge in [0.15, 0.2) is 0 Å². The first kappa shape index (κ1) is 19.1. The van der Waals surface area contributed by atoms with Crippen LogP contribution in [-0.2, 0) is 21.4 Å². The Bertz CT molecular complexity index is 521. The zero-order valence-corrected chi connectivity index (χ0v) is 14.9. The molecule has 5 heteroatoms. The molecule has 1 aromatic rings. The second-order valence-electron chi connectivity index (χ2n) is 6.29. The maximum absolute atomic E-state index is 12.2. The maximum atomic E-state index is 12.2. The van der Waals surface area contributed by atoms with Gasteiger partial charge in [0.2, 0.25) is 10.0 Å². The van der Waals surface area contributed by atoms with E-state index in [1.165, 1.54) is 0 Å². The largest absolute Gasteiger partial charge is 0.374 e. The van der Waals surface area contributed by atoms with Gasteiger partial charge < -0.3 is 4.74 Å². The van der Waals surface area contributed by atoms with Crippen LogP contribution in [0.2, 0.25) is 0 Å². The van der Waals surface area contributed by atoms with E-state index < -0.39 is 10.0 Å². The lowest BCUT2D eigenvalue weighted by atomic mass is 10.1. The summed E-state index contributed by atoms with van der Waals surface area (Å²) < 4.78 is 32.5. The topological polar surface area (TPSA) is 55.4 Å². The maximum Gasteiger partial charge on any atom is 0.240 e. The fourth-order valence-electron chi connectivity index (χ4n) is 2.00. The summed E-state index contributed by atoms with van der Waals surface area (Å²) in [7, 11) is -3.40. The summed E-state index contributed by atoms with van der Waals surface area (Å²) in [6.45, 7) is 9.29. The van der Waals surface area contributed by atoms with Gasteiger partial charge >= 0.3 is 0 Å². The Balaban J connectivity index is 2.47. The molecule has 0 radical (unpaired) electrons. The smallest absolute Gasteiger partial charge is 0.240 e. The third-order valence-electron chi connectivity index (χ3n) is 3.32. The molecule has 126 valence electrons. The molecule has 0 amide bonds. The highest BCUT2D eigenvalue weighted by atomic mass is 32.2. The van der Waals surface area contributed by atoms with E-state index in [1.807, 2.05) is 13.8 Å². The van der Waals surface area contributed by atoms with Gasteiger partial charge in [-0.3, -0.25) is 0 Å². The number of sulfonamides is 1. The van der Waals surface area contributed by atoms with Gasteiger partial charge in [-0.1, -0.05) is 38.8 Å². The minimum Gasteiger partial charge on any atom is -0.374 e. The number of hydrogen-bond acceptors (Lipinski definition) is 3. The second kappa shape index (κ2) is 9.28. The van der Waals surface area contributed by atoms with Crippen LogP contribution in [0.15, 0.2) is 29.2 Å². The predicted octanol–water partition coefficient (Wildman–Crippen LogP) is 3.72. The van der Waals surface area contributed by atoms with Crippen LogP contribution >= 0.6 is 0 Å². The van der Waals surface area contributed by atoms with E-state index in [-0.39, 0.29) is 6.10 Å². The second-order valence-corrected chi connectivity index (χ2v) is 8.06. The fraction of sp³-hybridized carbons (Fsp3) is 0.647. The lowest BCUT2D eigenvalue weighted by molar-refractivity contribution is 0.0657. The molecule has 0 saturated heterocycles. The Kier molecular flexibility index (Phi) is 8.07. The van der Waals surface area contributed by atoms with E-state index in [2.05, 4.69) is 18.6 Å². The van der Waals surface area contributed by atoms with E-state index in [9.17, 15) is 8.42 Å². The number of hydrogen-bond donors (Lipinski definition) is 1. The van der Waals surface area contributed by atoms with Crippen LogP contribution in [0, 0.1) is 5.92 Å². The van der Waals surface area contributed by atoms with Crippen molar-refractivity contribution in [2.45, 2.75) is 64.6 Å². The standard InChI is InChI=1S/C17H29NO3S/c1-14(2)7-5-6-12-18-22(19,20)17-10-8-16(9-11-17)13-21-15(3)4/h8-11,14-15,18H,5-7,12-13H2,1-4H3. The first-order valence-electron chi connectivity index (χ1n) is 8.01. The highest BCUT2D eigenvalue weighted by Gasteiger charge is 2.13. The van der Waals surface area contributed by atoms with E-state index in [0.29, 0.717) is 24.0 Å². The molecule has 0 unspecified atom stereocenters. The summed E-state index contributed by atoms with van der Waals surface area (Å²) in [5.74, 6) is 0.664. The van der Waals surface area contributed by atoms with Crippen molar-refractivity contribution in [1.29, 1.82) is 0 Å². The molecule has 0 bridgehead atoms. The third-order valence-corrected chi connectivity index (χ3v) is 4.79. The number of unbranched alkanes of at least 4 members (excludes halogenated alkanes) is 1. The summed E-state index contributed by atoms with van der Waals surface area (Å²) in [6, 6.07) is 6.87. The van der Waals surface area contributed by atoms with E-state index in [0.717, 1.165) is 24.8 Å². The molecule has 4 nitrogen and oxygen atoms in total.